The number of methoxy groups -OCH3 is 1. The molecule has 3 rings (SSSR count). The van der Waals surface area contributed by atoms with E-state index in [1.807, 2.05) is 63.5 Å². The van der Waals surface area contributed by atoms with Gasteiger partial charge in [-0.1, -0.05) is 12.1 Å². The van der Waals surface area contributed by atoms with E-state index in [0.29, 0.717) is 6.54 Å². The van der Waals surface area contributed by atoms with Gasteiger partial charge in [-0.3, -0.25) is 4.79 Å². The molecule has 1 unspecified atom stereocenters. The standard InChI is InChI=1S/C21H25N3O2S/c1-15(21-22-18-7-5-6-8-19(18)27-21)24(3)20(25)14-23(2)13-16-9-11-17(26-4)12-10-16/h5-12,15H,13-14H2,1-4H3/p+1/t15-/m1/s1. The van der Waals surface area contributed by atoms with Gasteiger partial charge in [-0.05, 0) is 43.3 Å². The summed E-state index contributed by atoms with van der Waals surface area (Å²) in [6.45, 7) is 3.27. The number of nitrogens with zero attached hydrogens (tertiary/aromatic N) is 2. The summed E-state index contributed by atoms with van der Waals surface area (Å²) in [4.78, 5) is 20.4. The van der Waals surface area contributed by atoms with Gasteiger partial charge in [0, 0.05) is 12.6 Å². The topological polar surface area (TPSA) is 46.9 Å². The van der Waals surface area contributed by atoms with Crippen LogP contribution in [-0.2, 0) is 11.3 Å². The number of ether oxygens (including phenoxy) is 1. The average Bonchev–Trinajstić information content (AvgIpc) is 3.11. The number of para-hydroxylation sites is 1. The van der Waals surface area contributed by atoms with Crippen molar-refractivity contribution in [2.24, 2.45) is 0 Å². The smallest absolute Gasteiger partial charge is 0.278 e. The van der Waals surface area contributed by atoms with Crippen molar-refractivity contribution >= 4 is 27.5 Å². The van der Waals surface area contributed by atoms with Crippen LogP contribution in [0.25, 0.3) is 10.2 Å². The first-order valence-electron chi connectivity index (χ1n) is 9.03. The van der Waals surface area contributed by atoms with Crippen molar-refractivity contribution in [3.63, 3.8) is 0 Å². The summed E-state index contributed by atoms with van der Waals surface area (Å²) < 4.78 is 6.34. The number of hydrogen-bond acceptors (Lipinski definition) is 4. The molecule has 142 valence electrons. The fourth-order valence-corrected chi connectivity index (χ4v) is 4.05. The summed E-state index contributed by atoms with van der Waals surface area (Å²) in [5.74, 6) is 0.963. The van der Waals surface area contributed by atoms with Crippen LogP contribution >= 0.6 is 11.3 Å². The molecule has 0 spiro atoms. The molecule has 6 heteroatoms. The minimum atomic E-state index is -0.0383. The van der Waals surface area contributed by atoms with E-state index < -0.39 is 0 Å². The Hall–Kier alpha value is -2.44. The van der Waals surface area contributed by atoms with Crippen LogP contribution in [0, 0.1) is 0 Å². The molecule has 0 radical (unpaired) electrons. The maximum absolute atomic E-state index is 12.7. The number of benzene rings is 2. The first kappa shape index (κ1) is 19.3. The molecule has 5 nitrogen and oxygen atoms in total. The van der Waals surface area contributed by atoms with E-state index in [9.17, 15) is 4.79 Å². The minimum Gasteiger partial charge on any atom is -0.497 e. The molecular weight excluding hydrogens is 358 g/mol. The van der Waals surface area contributed by atoms with Crippen molar-refractivity contribution in [1.29, 1.82) is 0 Å². The Morgan fingerprint density at radius 3 is 2.59 bits per heavy atom. The summed E-state index contributed by atoms with van der Waals surface area (Å²) in [5.41, 5.74) is 2.18. The quantitative estimate of drug-likeness (QED) is 0.681. The van der Waals surface area contributed by atoms with E-state index in [0.717, 1.165) is 32.4 Å². The van der Waals surface area contributed by atoms with Crippen molar-refractivity contribution in [2.45, 2.75) is 19.5 Å². The summed E-state index contributed by atoms with van der Waals surface area (Å²) in [6, 6.07) is 16.0. The average molecular weight is 385 g/mol. The summed E-state index contributed by atoms with van der Waals surface area (Å²) in [7, 11) is 5.56. The number of hydrogen-bond donors (Lipinski definition) is 1. The summed E-state index contributed by atoms with van der Waals surface area (Å²) in [6.07, 6.45) is 0. The number of likely N-dealkylation sites (N-methyl/N-ethyl adjacent to an activating group) is 2. The molecule has 27 heavy (non-hydrogen) atoms. The fourth-order valence-electron chi connectivity index (χ4n) is 2.99. The predicted molar refractivity (Wildman–Crippen MR) is 109 cm³/mol. The molecule has 1 N–H and O–H groups in total. The van der Waals surface area contributed by atoms with E-state index in [4.69, 9.17) is 4.74 Å². The van der Waals surface area contributed by atoms with Crippen LogP contribution in [0.5, 0.6) is 5.75 Å². The summed E-state index contributed by atoms with van der Waals surface area (Å²) >= 11 is 1.65. The number of amides is 1. The van der Waals surface area contributed by atoms with Crippen LogP contribution in [0.4, 0.5) is 0 Å². The molecule has 2 aromatic carbocycles. The highest BCUT2D eigenvalue weighted by atomic mass is 32.1. The van der Waals surface area contributed by atoms with Crippen LogP contribution in [-0.4, -0.2) is 43.5 Å². The van der Waals surface area contributed by atoms with Gasteiger partial charge in [0.2, 0.25) is 0 Å². The Labute approximate surface area is 164 Å². The molecular formula is C21H26N3O2S+. The first-order chi connectivity index (χ1) is 13.0. The SMILES string of the molecule is COc1ccc(C[NH+](C)CC(=O)N(C)[C@H](C)c2nc3ccccc3s2)cc1. The third-order valence-electron chi connectivity index (χ3n) is 4.76. The van der Waals surface area contributed by atoms with E-state index in [1.54, 1.807) is 23.3 Å². The number of thiazole rings is 1. The highest BCUT2D eigenvalue weighted by Gasteiger charge is 2.23. The largest absolute Gasteiger partial charge is 0.497 e. The van der Waals surface area contributed by atoms with Gasteiger partial charge >= 0.3 is 0 Å². The van der Waals surface area contributed by atoms with Gasteiger partial charge < -0.3 is 14.5 Å². The van der Waals surface area contributed by atoms with Gasteiger partial charge in [0.05, 0.1) is 30.4 Å². The zero-order valence-electron chi connectivity index (χ0n) is 16.2. The molecule has 1 heterocycles. The second-order valence-electron chi connectivity index (χ2n) is 6.86. The van der Waals surface area contributed by atoms with Crippen molar-refractivity contribution in [3.05, 3.63) is 59.1 Å². The highest BCUT2D eigenvalue weighted by molar-refractivity contribution is 7.18. The van der Waals surface area contributed by atoms with Crippen LogP contribution in [0.2, 0.25) is 0 Å². The van der Waals surface area contributed by atoms with Crippen molar-refractivity contribution in [1.82, 2.24) is 9.88 Å². The molecule has 3 aromatic rings. The Bertz CT molecular complexity index is 874. The van der Waals surface area contributed by atoms with Crippen LogP contribution in [0.15, 0.2) is 48.5 Å². The van der Waals surface area contributed by atoms with Crippen molar-refractivity contribution in [2.75, 3.05) is 27.7 Å². The summed E-state index contributed by atoms with van der Waals surface area (Å²) in [5, 5.41) is 0.972. The lowest BCUT2D eigenvalue weighted by Crippen LogP contribution is -3.08. The number of quaternary nitrogens is 1. The maximum atomic E-state index is 12.7. The third-order valence-corrected chi connectivity index (χ3v) is 5.97. The molecule has 0 aliphatic carbocycles. The van der Waals surface area contributed by atoms with E-state index in [2.05, 4.69) is 11.1 Å². The Morgan fingerprint density at radius 1 is 1.22 bits per heavy atom. The number of carbonyl (C=O) groups is 1. The van der Waals surface area contributed by atoms with Crippen LogP contribution in [0.3, 0.4) is 0 Å². The molecule has 0 aliphatic rings. The molecule has 0 saturated carbocycles. The second kappa shape index (κ2) is 8.50. The van der Waals surface area contributed by atoms with Crippen LogP contribution in [0.1, 0.15) is 23.5 Å². The number of carbonyl (C=O) groups excluding carboxylic acids is 1. The third kappa shape index (κ3) is 4.64. The van der Waals surface area contributed by atoms with Gasteiger partial charge in [0.1, 0.15) is 17.3 Å². The predicted octanol–water partition coefficient (Wildman–Crippen LogP) is 2.54. The number of fused-ring (bicyclic) bond motifs is 1. The minimum absolute atomic E-state index is 0.0383. The molecule has 2 atom stereocenters. The monoisotopic (exact) mass is 384 g/mol. The van der Waals surface area contributed by atoms with Gasteiger partial charge in [0.15, 0.2) is 6.54 Å². The van der Waals surface area contributed by atoms with Gasteiger partial charge in [0.25, 0.3) is 5.91 Å². The second-order valence-corrected chi connectivity index (χ2v) is 7.92. The molecule has 1 amide bonds. The molecule has 1 aromatic heterocycles. The van der Waals surface area contributed by atoms with Crippen molar-refractivity contribution < 1.29 is 14.4 Å². The maximum Gasteiger partial charge on any atom is 0.278 e. The first-order valence-corrected chi connectivity index (χ1v) is 9.85. The fraction of sp³-hybridized carbons (Fsp3) is 0.333. The Kier molecular flexibility index (Phi) is 6.08. The molecule has 0 bridgehead atoms. The lowest BCUT2D eigenvalue weighted by Gasteiger charge is -2.24. The number of aromatic nitrogens is 1. The molecule has 0 fully saturated rings. The van der Waals surface area contributed by atoms with E-state index in [-0.39, 0.29) is 11.9 Å². The van der Waals surface area contributed by atoms with Gasteiger partial charge in [-0.15, -0.1) is 11.3 Å². The number of nitrogens with one attached hydrogen (secondary N) is 1. The van der Waals surface area contributed by atoms with Gasteiger partial charge in [-0.25, -0.2) is 4.98 Å². The Balaban J connectivity index is 1.60. The van der Waals surface area contributed by atoms with Crippen molar-refractivity contribution in [3.8, 4) is 5.75 Å². The van der Waals surface area contributed by atoms with E-state index in [1.165, 1.54) is 5.56 Å². The van der Waals surface area contributed by atoms with E-state index >= 15 is 0 Å². The van der Waals surface area contributed by atoms with Gasteiger partial charge in [-0.2, -0.15) is 0 Å². The van der Waals surface area contributed by atoms with Crippen LogP contribution < -0.4 is 9.64 Å². The molecule has 0 saturated heterocycles. The Morgan fingerprint density at radius 2 is 1.93 bits per heavy atom. The highest BCUT2D eigenvalue weighted by Crippen LogP contribution is 2.28. The number of rotatable bonds is 7. The lowest BCUT2D eigenvalue weighted by molar-refractivity contribution is -0.885. The lowest BCUT2D eigenvalue weighted by atomic mass is 10.2. The zero-order chi connectivity index (χ0) is 19.4. The normalized spacial score (nSPS) is 13.3. The molecule has 0 aliphatic heterocycles. The zero-order valence-corrected chi connectivity index (χ0v) is 17.0.